The molecule has 1 aliphatic rings. The fourth-order valence-corrected chi connectivity index (χ4v) is 3.24. The van der Waals surface area contributed by atoms with Gasteiger partial charge in [-0.05, 0) is 44.0 Å². The lowest BCUT2D eigenvalue weighted by Crippen LogP contribution is -2.40. The van der Waals surface area contributed by atoms with Crippen LogP contribution in [0.4, 0.5) is 13.2 Å². The van der Waals surface area contributed by atoms with Crippen molar-refractivity contribution < 1.29 is 18.0 Å². The maximum Gasteiger partial charge on any atom is 0.418 e. The number of para-hydroxylation sites is 1. The Morgan fingerprint density at radius 1 is 1.26 bits per heavy atom. The number of alkyl halides is 3. The first kappa shape index (κ1) is 19.3. The van der Waals surface area contributed by atoms with Gasteiger partial charge >= 0.3 is 6.18 Å². The predicted molar refractivity (Wildman–Crippen MR) is 93.5 cm³/mol. The number of likely N-dealkylation sites (tertiary alicyclic amines) is 1. The van der Waals surface area contributed by atoms with Gasteiger partial charge in [-0.15, -0.1) is 5.10 Å². The molecular weight excluding hydrogens is 359 g/mol. The second kappa shape index (κ2) is 8.08. The Kier molecular flexibility index (Phi) is 5.79. The third kappa shape index (κ3) is 4.47. The zero-order valence-electron chi connectivity index (χ0n) is 15.0. The summed E-state index contributed by atoms with van der Waals surface area (Å²) in [4.78, 5) is 14.3. The van der Waals surface area contributed by atoms with E-state index in [-0.39, 0.29) is 17.3 Å². The van der Waals surface area contributed by atoms with E-state index in [2.05, 4.69) is 22.6 Å². The molecule has 9 heteroatoms. The Hall–Kier alpha value is -2.42. The highest BCUT2D eigenvalue weighted by atomic mass is 19.4. The van der Waals surface area contributed by atoms with Crippen molar-refractivity contribution in [3.8, 4) is 5.69 Å². The molecule has 146 valence electrons. The van der Waals surface area contributed by atoms with Crippen LogP contribution in [0.5, 0.6) is 0 Å². The van der Waals surface area contributed by atoms with Crippen LogP contribution < -0.4 is 5.32 Å². The molecule has 0 bridgehead atoms. The summed E-state index contributed by atoms with van der Waals surface area (Å²) in [5.41, 5.74) is -0.920. The zero-order chi connectivity index (χ0) is 19.4. The monoisotopic (exact) mass is 381 g/mol. The summed E-state index contributed by atoms with van der Waals surface area (Å²) in [6.45, 7) is 5.13. The molecule has 2 aromatic rings. The standard InChI is InChI=1S/C18H22F3N5O/c1-2-22-11-13-7-9-25(10-8-13)17(27)15-12-26(24-23-15)16-6-4-3-5-14(16)18(19,20)21/h3-6,12-13,22H,2,7-11H2,1H3. The van der Waals surface area contributed by atoms with Crippen LogP contribution in [0.15, 0.2) is 30.5 Å². The smallest absolute Gasteiger partial charge is 0.337 e. The van der Waals surface area contributed by atoms with Crippen LogP contribution in [0.3, 0.4) is 0 Å². The minimum absolute atomic E-state index is 0.0529. The largest absolute Gasteiger partial charge is 0.418 e. The summed E-state index contributed by atoms with van der Waals surface area (Å²) >= 11 is 0. The summed E-state index contributed by atoms with van der Waals surface area (Å²) in [6, 6.07) is 5.08. The molecule has 3 rings (SSSR count). The van der Waals surface area contributed by atoms with Gasteiger partial charge in [-0.1, -0.05) is 24.3 Å². The molecule has 1 aromatic heterocycles. The average Bonchev–Trinajstić information content (AvgIpc) is 3.15. The van der Waals surface area contributed by atoms with E-state index in [9.17, 15) is 18.0 Å². The van der Waals surface area contributed by atoms with Crippen molar-refractivity contribution in [2.24, 2.45) is 5.92 Å². The molecule has 1 fully saturated rings. The zero-order valence-corrected chi connectivity index (χ0v) is 15.0. The van der Waals surface area contributed by atoms with Gasteiger partial charge in [0.05, 0.1) is 17.4 Å². The summed E-state index contributed by atoms with van der Waals surface area (Å²) in [5.74, 6) is 0.232. The number of amides is 1. The molecule has 0 saturated carbocycles. The average molecular weight is 381 g/mol. The topological polar surface area (TPSA) is 63.1 Å². The van der Waals surface area contributed by atoms with Gasteiger partial charge in [0.15, 0.2) is 5.69 Å². The van der Waals surface area contributed by atoms with E-state index in [1.807, 2.05) is 0 Å². The Bertz CT molecular complexity index is 781. The lowest BCUT2D eigenvalue weighted by molar-refractivity contribution is -0.137. The van der Waals surface area contributed by atoms with Gasteiger partial charge in [0.25, 0.3) is 5.91 Å². The van der Waals surface area contributed by atoms with E-state index in [0.717, 1.165) is 36.7 Å². The van der Waals surface area contributed by atoms with Gasteiger partial charge in [0, 0.05) is 13.1 Å². The van der Waals surface area contributed by atoms with Crippen molar-refractivity contribution in [3.05, 3.63) is 41.7 Å². The van der Waals surface area contributed by atoms with Gasteiger partial charge in [0.2, 0.25) is 0 Å². The number of carbonyl (C=O) groups is 1. The Balaban J connectivity index is 1.71. The highest BCUT2D eigenvalue weighted by Crippen LogP contribution is 2.33. The molecule has 1 N–H and O–H groups in total. The molecule has 0 spiro atoms. The second-order valence-corrected chi connectivity index (χ2v) is 6.61. The van der Waals surface area contributed by atoms with Gasteiger partial charge in [-0.3, -0.25) is 4.79 Å². The highest BCUT2D eigenvalue weighted by molar-refractivity contribution is 5.92. The number of halogens is 3. The molecule has 1 saturated heterocycles. The molecule has 0 radical (unpaired) electrons. The fraction of sp³-hybridized carbons (Fsp3) is 0.500. The number of hydrogen-bond acceptors (Lipinski definition) is 4. The van der Waals surface area contributed by atoms with Crippen molar-refractivity contribution >= 4 is 5.91 Å². The predicted octanol–water partition coefficient (Wildman–Crippen LogP) is 2.75. The number of piperidine rings is 1. The van der Waals surface area contributed by atoms with Gasteiger partial charge in [0.1, 0.15) is 0 Å². The van der Waals surface area contributed by atoms with Gasteiger partial charge in [-0.2, -0.15) is 13.2 Å². The van der Waals surface area contributed by atoms with Crippen LogP contribution in [0.25, 0.3) is 5.69 Å². The maximum absolute atomic E-state index is 13.2. The summed E-state index contributed by atoms with van der Waals surface area (Å²) in [7, 11) is 0. The Labute approximate surface area is 155 Å². The van der Waals surface area contributed by atoms with Crippen LogP contribution in [-0.2, 0) is 6.18 Å². The van der Waals surface area contributed by atoms with E-state index in [4.69, 9.17) is 0 Å². The molecule has 0 aliphatic carbocycles. The molecule has 1 amide bonds. The van der Waals surface area contributed by atoms with Gasteiger partial charge in [-0.25, -0.2) is 4.68 Å². The third-order valence-electron chi connectivity index (χ3n) is 4.75. The van der Waals surface area contributed by atoms with Crippen LogP contribution in [0, 0.1) is 5.92 Å². The molecule has 0 unspecified atom stereocenters. The molecule has 27 heavy (non-hydrogen) atoms. The van der Waals surface area contributed by atoms with Crippen molar-refractivity contribution in [2.75, 3.05) is 26.2 Å². The first-order valence-electron chi connectivity index (χ1n) is 8.99. The number of nitrogens with one attached hydrogen (secondary N) is 1. The minimum atomic E-state index is -4.51. The summed E-state index contributed by atoms with van der Waals surface area (Å²) in [6.07, 6.45) is -1.47. The third-order valence-corrected chi connectivity index (χ3v) is 4.75. The molecule has 2 heterocycles. The summed E-state index contributed by atoms with van der Waals surface area (Å²) < 4.78 is 40.5. The lowest BCUT2D eigenvalue weighted by atomic mass is 9.96. The van der Waals surface area contributed by atoms with Crippen molar-refractivity contribution in [1.29, 1.82) is 0 Å². The minimum Gasteiger partial charge on any atom is -0.337 e. The van der Waals surface area contributed by atoms with Crippen molar-refractivity contribution in [3.63, 3.8) is 0 Å². The summed E-state index contributed by atoms with van der Waals surface area (Å²) in [5, 5.41) is 10.9. The molecule has 0 atom stereocenters. The van der Waals surface area contributed by atoms with E-state index < -0.39 is 11.7 Å². The van der Waals surface area contributed by atoms with Crippen LogP contribution in [0.1, 0.15) is 35.8 Å². The molecule has 1 aliphatic heterocycles. The number of hydrogen-bond donors (Lipinski definition) is 1. The number of benzene rings is 1. The highest BCUT2D eigenvalue weighted by Gasteiger charge is 2.34. The van der Waals surface area contributed by atoms with E-state index in [1.54, 1.807) is 4.90 Å². The van der Waals surface area contributed by atoms with Crippen LogP contribution in [-0.4, -0.2) is 52.0 Å². The molecule has 1 aromatic carbocycles. The SMILES string of the molecule is CCNCC1CCN(C(=O)c2cn(-c3ccccc3C(F)(F)F)nn2)CC1. The maximum atomic E-state index is 13.2. The van der Waals surface area contributed by atoms with Crippen molar-refractivity contribution in [2.45, 2.75) is 25.9 Å². The number of rotatable bonds is 5. The number of carbonyl (C=O) groups excluding carboxylic acids is 1. The van der Waals surface area contributed by atoms with Crippen molar-refractivity contribution in [1.82, 2.24) is 25.2 Å². The van der Waals surface area contributed by atoms with E-state index in [1.165, 1.54) is 24.4 Å². The fourth-order valence-electron chi connectivity index (χ4n) is 3.24. The van der Waals surface area contributed by atoms with Gasteiger partial charge < -0.3 is 10.2 Å². The second-order valence-electron chi connectivity index (χ2n) is 6.61. The molecule has 6 nitrogen and oxygen atoms in total. The normalized spacial score (nSPS) is 15.9. The Morgan fingerprint density at radius 3 is 2.63 bits per heavy atom. The molecular formula is C18H22F3N5O. The number of nitrogens with zero attached hydrogens (tertiary/aromatic N) is 4. The van der Waals surface area contributed by atoms with Crippen LogP contribution >= 0.6 is 0 Å². The Morgan fingerprint density at radius 2 is 1.96 bits per heavy atom. The first-order chi connectivity index (χ1) is 12.9. The van der Waals surface area contributed by atoms with E-state index >= 15 is 0 Å². The quantitative estimate of drug-likeness (QED) is 0.865. The lowest BCUT2D eigenvalue weighted by Gasteiger charge is -2.31. The van der Waals surface area contributed by atoms with E-state index in [0.29, 0.717) is 19.0 Å². The van der Waals surface area contributed by atoms with Crippen LogP contribution in [0.2, 0.25) is 0 Å². The first-order valence-corrected chi connectivity index (χ1v) is 8.99. The number of aromatic nitrogens is 3.